The SMILES string of the molecule is CNC(=O)c1ccc(NC2CCC(Oc3cc(N4CCOCC4)cc4nccnc34)CC2)nc1. The second-order valence-electron chi connectivity index (χ2n) is 8.71. The first-order chi connectivity index (χ1) is 16.7. The Hall–Kier alpha value is -3.46. The lowest BCUT2D eigenvalue weighted by molar-refractivity contribution is 0.0962. The first-order valence-electron chi connectivity index (χ1n) is 11.9. The lowest BCUT2D eigenvalue weighted by Crippen LogP contribution is -2.36. The number of hydrogen-bond donors (Lipinski definition) is 2. The van der Waals surface area contributed by atoms with Crippen LogP contribution in [0.15, 0.2) is 42.9 Å². The molecule has 3 heterocycles. The van der Waals surface area contributed by atoms with Crippen LogP contribution in [0.3, 0.4) is 0 Å². The summed E-state index contributed by atoms with van der Waals surface area (Å²) in [5, 5.41) is 6.10. The summed E-state index contributed by atoms with van der Waals surface area (Å²) < 4.78 is 12.0. The Balaban J connectivity index is 1.23. The summed E-state index contributed by atoms with van der Waals surface area (Å²) in [6.07, 6.45) is 9.02. The zero-order valence-electron chi connectivity index (χ0n) is 19.4. The molecule has 2 aromatic heterocycles. The normalized spacial score (nSPS) is 20.7. The van der Waals surface area contributed by atoms with Crippen LogP contribution in [0, 0.1) is 0 Å². The molecule has 0 atom stereocenters. The van der Waals surface area contributed by atoms with E-state index in [1.807, 2.05) is 6.07 Å². The van der Waals surface area contributed by atoms with E-state index in [1.165, 1.54) is 0 Å². The number of hydrogen-bond acceptors (Lipinski definition) is 8. The number of benzene rings is 1. The Kier molecular flexibility index (Phi) is 6.71. The molecule has 2 aliphatic rings. The lowest BCUT2D eigenvalue weighted by atomic mass is 9.93. The maximum atomic E-state index is 11.7. The fourth-order valence-corrected chi connectivity index (χ4v) is 4.59. The molecule has 0 radical (unpaired) electrons. The van der Waals surface area contributed by atoms with E-state index in [1.54, 1.807) is 31.7 Å². The molecule has 1 aliphatic carbocycles. The number of rotatable bonds is 6. The standard InChI is InChI=1S/C25H30N6O3/c1-26-25(32)17-2-7-23(29-16-17)30-18-3-5-20(6-4-18)34-22-15-19(31-10-12-33-13-11-31)14-21-24(22)28-9-8-27-21/h2,7-9,14-16,18,20H,3-6,10-13H2,1H3,(H,26,32)(H,29,30). The molecule has 1 aromatic carbocycles. The van der Waals surface area contributed by atoms with Crippen LogP contribution in [-0.2, 0) is 4.74 Å². The molecule has 0 spiro atoms. The first-order valence-corrected chi connectivity index (χ1v) is 11.9. The second-order valence-corrected chi connectivity index (χ2v) is 8.71. The maximum absolute atomic E-state index is 11.7. The average molecular weight is 463 g/mol. The molecule has 5 rings (SSSR count). The van der Waals surface area contributed by atoms with Crippen molar-refractivity contribution >= 4 is 28.4 Å². The van der Waals surface area contributed by atoms with Gasteiger partial charge < -0.3 is 25.0 Å². The van der Waals surface area contributed by atoms with Crippen molar-refractivity contribution in [3.05, 3.63) is 48.4 Å². The van der Waals surface area contributed by atoms with Gasteiger partial charge in [-0.15, -0.1) is 0 Å². The summed E-state index contributed by atoms with van der Waals surface area (Å²) in [6.45, 7) is 3.18. The third-order valence-corrected chi connectivity index (χ3v) is 6.47. The Morgan fingerprint density at radius 2 is 1.85 bits per heavy atom. The van der Waals surface area contributed by atoms with Crippen molar-refractivity contribution in [3.8, 4) is 5.75 Å². The molecule has 0 bridgehead atoms. The molecule has 2 fully saturated rings. The number of fused-ring (bicyclic) bond motifs is 1. The fraction of sp³-hybridized carbons (Fsp3) is 0.440. The van der Waals surface area contributed by atoms with E-state index in [0.717, 1.165) is 80.3 Å². The molecular formula is C25H30N6O3. The lowest BCUT2D eigenvalue weighted by Gasteiger charge is -2.31. The number of pyridine rings is 1. The molecule has 1 saturated heterocycles. The van der Waals surface area contributed by atoms with Gasteiger partial charge in [0.2, 0.25) is 0 Å². The number of ether oxygens (including phenoxy) is 2. The van der Waals surface area contributed by atoms with Gasteiger partial charge in [-0.2, -0.15) is 0 Å². The predicted molar refractivity (Wildman–Crippen MR) is 130 cm³/mol. The van der Waals surface area contributed by atoms with Crippen LogP contribution >= 0.6 is 0 Å². The molecule has 1 amide bonds. The molecule has 178 valence electrons. The molecule has 1 aliphatic heterocycles. The van der Waals surface area contributed by atoms with Crippen molar-refractivity contribution in [1.29, 1.82) is 0 Å². The summed E-state index contributed by atoms with van der Waals surface area (Å²) >= 11 is 0. The highest BCUT2D eigenvalue weighted by Crippen LogP contribution is 2.33. The monoisotopic (exact) mass is 462 g/mol. The number of nitrogens with one attached hydrogen (secondary N) is 2. The van der Waals surface area contributed by atoms with E-state index in [-0.39, 0.29) is 12.0 Å². The zero-order valence-corrected chi connectivity index (χ0v) is 19.4. The number of anilines is 2. The van der Waals surface area contributed by atoms with Gasteiger partial charge >= 0.3 is 0 Å². The van der Waals surface area contributed by atoms with Crippen LogP contribution < -0.4 is 20.3 Å². The summed E-state index contributed by atoms with van der Waals surface area (Å²) in [4.78, 5) is 27.5. The molecule has 34 heavy (non-hydrogen) atoms. The van der Waals surface area contributed by atoms with E-state index in [4.69, 9.17) is 9.47 Å². The summed E-state index contributed by atoms with van der Waals surface area (Å²) in [7, 11) is 1.61. The van der Waals surface area contributed by atoms with Gasteiger partial charge in [-0.05, 0) is 43.9 Å². The highest BCUT2D eigenvalue weighted by molar-refractivity contribution is 5.93. The molecule has 1 saturated carbocycles. The van der Waals surface area contributed by atoms with Crippen LogP contribution in [0.2, 0.25) is 0 Å². The second kappa shape index (κ2) is 10.2. The van der Waals surface area contributed by atoms with Crippen molar-refractivity contribution < 1.29 is 14.3 Å². The quantitative estimate of drug-likeness (QED) is 0.577. The van der Waals surface area contributed by atoms with E-state index in [0.29, 0.717) is 11.6 Å². The molecular weight excluding hydrogens is 432 g/mol. The number of carbonyl (C=O) groups is 1. The molecule has 0 unspecified atom stereocenters. The molecule has 9 nitrogen and oxygen atoms in total. The van der Waals surface area contributed by atoms with Crippen LogP contribution in [0.4, 0.5) is 11.5 Å². The van der Waals surface area contributed by atoms with Gasteiger partial charge in [-0.3, -0.25) is 9.78 Å². The van der Waals surface area contributed by atoms with Crippen LogP contribution in [0.25, 0.3) is 11.0 Å². The Bertz CT molecular complexity index is 1130. The number of morpholine rings is 1. The topological polar surface area (TPSA) is 102 Å². The highest BCUT2D eigenvalue weighted by Gasteiger charge is 2.24. The molecule has 3 aromatic rings. The minimum absolute atomic E-state index is 0.131. The third kappa shape index (κ3) is 5.04. The van der Waals surface area contributed by atoms with Crippen molar-refractivity contribution in [3.63, 3.8) is 0 Å². The number of amides is 1. The molecule has 2 N–H and O–H groups in total. The van der Waals surface area contributed by atoms with Crippen LogP contribution in [0.5, 0.6) is 5.75 Å². The van der Waals surface area contributed by atoms with E-state index >= 15 is 0 Å². The summed E-state index contributed by atoms with van der Waals surface area (Å²) in [5.41, 5.74) is 3.32. The van der Waals surface area contributed by atoms with E-state index in [9.17, 15) is 4.79 Å². The van der Waals surface area contributed by atoms with Crippen molar-refractivity contribution in [2.24, 2.45) is 0 Å². The van der Waals surface area contributed by atoms with Crippen molar-refractivity contribution in [1.82, 2.24) is 20.3 Å². The van der Waals surface area contributed by atoms with Crippen molar-refractivity contribution in [2.45, 2.75) is 37.8 Å². The third-order valence-electron chi connectivity index (χ3n) is 6.47. The van der Waals surface area contributed by atoms with Crippen LogP contribution in [0.1, 0.15) is 36.0 Å². The van der Waals surface area contributed by atoms with Crippen LogP contribution in [-0.4, -0.2) is 66.4 Å². The number of aromatic nitrogens is 3. The van der Waals surface area contributed by atoms with Gasteiger partial charge in [0.15, 0.2) is 0 Å². The molecule has 9 heteroatoms. The van der Waals surface area contributed by atoms with Gasteiger partial charge in [0.1, 0.15) is 17.1 Å². The predicted octanol–water partition coefficient (Wildman–Crippen LogP) is 3.02. The largest absolute Gasteiger partial charge is 0.488 e. The minimum atomic E-state index is -0.133. The van der Waals surface area contributed by atoms with E-state index in [2.05, 4.69) is 42.6 Å². The van der Waals surface area contributed by atoms with Gasteiger partial charge in [0.05, 0.1) is 30.4 Å². The Labute approximate surface area is 198 Å². The fourth-order valence-electron chi connectivity index (χ4n) is 4.59. The van der Waals surface area contributed by atoms with Crippen molar-refractivity contribution in [2.75, 3.05) is 43.6 Å². The van der Waals surface area contributed by atoms with Gasteiger partial charge in [-0.25, -0.2) is 9.97 Å². The first kappa shape index (κ1) is 22.3. The summed E-state index contributed by atoms with van der Waals surface area (Å²) in [5.74, 6) is 1.46. The summed E-state index contributed by atoms with van der Waals surface area (Å²) in [6, 6.07) is 8.16. The maximum Gasteiger partial charge on any atom is 0.252 e. The Morgan fingerprint density at radius 3 is 2.59 bits per heavy atom. The van der Waals surface area contributed by atoms with Gasteiger partial charge in [0, 0.05) is 56.5 Å². The highest BCUT2D eigenvalue weighted by atomic mass is 16.5. The average Bonchev–Trinajstić information content (AvgIpc) is 2.90. The minimum Gasteiger partial charge on any atom is -0.488 e. The number of carbonyl (C=O) groups excluding carboxylic acids is 1. The number of nitrogens with zero attached hydrogens (tertiary/aromatic N) is 4. The van der Waals surface area contributed by atoms with Gasteiger partial charge in [0.25, 0.3) is 5.91 Å². The smallest absolute Gasteiger partial charge is 0.252 e. The van der Waals surface area contributed by atoms with Gasteiger partial charge in [-0.1, -0.05) is 0 Å². The Morgan fingerprint density at radius 1 is 1.06 bits per heavy atom. The van der Waals surface area contributed by atoms with E-state index < -0.39 is 0 Å². The zero-order chi connectivity index (χ0) is 23.3.